The number of pyridine rings is 1. The lowest BCUT2D eigenvalue weighted by molar-refractivity contribution is -0.130. The molecule has 12 heteroatoms. The number of halogens is 1. The van der Waals surface area contributed by atoms with Crippen LogP contribution in [0.4, 0.5) is 0 Å². The van der Waals surface area contributed by atoms with E-state index in [2.05, 4.69) is 20.3 Å². The second-order valence-corrected chi connectivity index (χ2v) is 9.93. The Morgan fingerprint density at radius 1 is 1.08 bits per heavy atom. The van der Waals surface area contributed by atoms with E-state index in [0.717, 1.165) is 5.56 Å². The Morgan fingerprint density at radius 3 is 2.42 bits per heavy atom. The molecule has 1 unspecified atom stereocenters. The minimum Gasteiger partial charge on any atom is -0.495 e. The average molecular weight is 528 g/mol. The number of aromatic nitrogens is 1. The summed E-state index contributed by atoms with van der Waals surface area (Å²) in [6.45, 7) is 1.41. The lowest BCUT2D eigenvalue weighted by Gasteiger charge is -2.20. The van der Waals surface area contributed by atoms with Gasteiger partial charge in [0.2, 0.25) is 5.91 Å². The van der Waals surface area contributed by atoms with Crippen LogP contribution < -0.4 is 15.0 Å². The first kappa shape index (κ1) is 25.3. The fourth-order valence-electron chi connectivity index (χ4n) is 3.73. The fraction of sp³-hybridized carbons (Fsp3) is 0.167. The van der Waals surface area contributed by atoms with Gasteiger partial charge in [-0.2, -0.15) is 5.10 Å². The fourth-order valence-corrected chi connectivity index (χ4v) is 4.89. The Hall–Kier alpha value is -3.80. The number of ether oxygens (including phenoxy) is 1. The Balaban J connectivity index is 1.61. The number of rotatable bonds is 7. The van der Waals surface area contributed by atoms with Gasteiger partial charge in [0.1, 0.15) is 10.6 Å². The van der Waals surface area contributed by atoms with Crippen LogP contribution in [0.2, 0.25) is 5.02 Å². The highest BCUT2D eigenvalue weighted by atomic mass is 35.5. The zero-order valence-electron chi connectivity index (χ0n) is 19.3. The summed E-state index contributed by atoms with van der Waals surface area (Å²) in [4.78, 5) is 30.3. The van der Waals surface area contributed by atoms with Crippen molar-refractivity contribution in [2.75, 3.05) is 7.11 Å². The molecule has 0 radical (unpaired) electrons. The first-order chi connectivity index (χ1) is 17.2. The quantitative estimate of drug-likeness (QED) is 0.454. The largest absolute Gasteiger partial charge is 0.495 e. The highest BCUT2D eigenvalue weighted by molar-refractivity contribution is 7.89. The van der Waals surface area contributed by atoms with Crippen molar-refractivity contribution in [1.29, 1.82) is 0 Å². The van der Waals surface area contributed by atoms with Crippen LogP contribution in [0.15, 0.2) is 77.0 Å². The second-order valence-electron chi connectivity index (χ2n) is 7.84. The van der Waals surface area contributed by atoms with E-state index in [0.29, 0.717) is 22.7 Å². The molecule has 0 fully saturated rings. The maximum absolute atomic E-state index is 13.1. The number of methoxy groups -OCH3 is 1. The van der Waals surface area contributed by atoms with Gasteiger partial charge in [0.15, 0.2) is 0 Å². The molecule has 1 atom stereocenters. The number of hydrazine groups is 1. The van der Waals surface area contributed by atoms with Gasteiger partial charge in [-0.25, -0.2) is 13.4 Å². The molecule has 2 amide bonds. The zero-order chi connectivity index (χ0) is 25.9. The first-order valence-corrected chi connectivity index (χ1v) is 12.6. The minimum absolute atomic E-state index is 0.0701. The molecule has 0 saturated carbocycles. The number of benzene rings is 2. The van der Waals surface area contributed by atoms with Crippen molar-refractivity contribution < 1.29 is 22.7 Å². The standard InChI is InChI=1S/C24H22ClN5O5S/c1-15(31)30-21(16-3-6-19(25)7-4-16)14-20(28-30)18-5-8-22(35-2)23(13-18)36(33,34)29-27-24(32)17-9-11-26-12-10-17/h3-13,21,29H,14H2,1-2H3,(H,27,32). The van der Waals surface area contributed by atoms with Gasteiger partial charge in [-0.15, -0.1) is 4.83 Å². The number of nitrogens with one attached hydrogen (secondary N) is 2. The highest BCUT2D eigenvalue weighted by Crippen LogP contribution is 2.35. The Kier molecular flexibility index (Phi) is 7.34. The van der Waals surface area contributed by atoms with E-state index in [1.807, 2.05) is 12.1 Å². The summed E-state index contributed by atoms with van der Waals surface area (Å²) in [5.74, 6) is -0.841. The van der Waals surface area contributed by atoms with E-state index in [9.17, 15) is 18.0 Å². The molecule has 3 aromatic rings. The Bertz CT molecular complexity index is 1430. The van der Waals surface area contributed by atoms with Gasteiger partial charge in [0.25, 0.3) is 15.9 Å². The molecule has 0 bridgehead atoms. The molecule has 186 valence electrons. The molecule has 10 nitrogen and oxygen atoms in total. The molecule has 2 aromatic carbocycles. The molecule has 0 spiro atoms. The third kappa shape index (κ3) is 5.38. The Labute approximate surface area is 213 Å². The number of hydrogen-bond donors (Lipinski definition) is 2. The lowest BCUT2D eigenvalue weighted by Crippen LogP contribution is -2.41. The van der Waals surface area contributed by atoms with Crippen LogP contribution in [0.3, 0.4) is 0 Å². The molecule has 0 saturated heterocycles. The molecular formula is C24H22ClN5O5S. The minimum atomic E-state index is -4.23. The first-order valence-electron chi connectivity index (χ1n) is 10.7. The van der Waals surface area contributed by atoms with Crippen molar-refractivity contribution in [3.63, 3.8) is 0 Å². The zero-order valence-corrected chi connectivity index (χ0v) is 20.9. The summed E-state index contributed by atoms with van der Waals surface area (Å²) in [5.41, 5.74) is 4.25. The van der Waals surface area contributed by atoms with Crippen molar-refractivity contribution in [3.8, 4) is 5.75 Å². The number of nitrogens with zero attached hydrogens (tertiary/aromatic N) is 3. The summed E-state index contributed by atoms with van der Waals surface area (Å²) in [5, 5.41) is 6.40. The third-order valence-electron chi connectivity index (χ3n) is 5.52. The Morgan fingerprint density at radius 2 is 1.78 bits per heavy atom. The van der Waals surface area contributed by atoms with E-state index in [4.69, 9.17) is 16.3 Å². The maximum Gasteiger partial charge on any atom is 0.266 e. The molecule has 1 aliphatic rings. The summed E-state index contributed by atoms with van der Waals surface area (Å²) in [7, 11) is -2.89. The summed E-state index contributed by atoms with van der Waals surface area (Å²) >= 11 is 6.00. The third-order valence-corrected chi connectivity index (χ3v) is 7.04. The van der Waals surface area contributed by atoms with Gasteiger partial charge >= 0.3 is 0 Å². The molecule has 0 aliphatic carbocycles. The predicted molar refractivity (Wildman–Crippen MR) is 133 cm³/mol. The van der Waals surface area contributed by atoms with Gasteiger partial charge in [-0.3, -0.25) is 20.0 Å². The van der Waals surface area contributed by atoms with Crippen LogP contribution in [-0.2, 0) is 14.8 Å². The normalized spacial score (nSPS) is 15.4. The second kappa shape index (κ2) is 10.4. The summed E-state index contributed by atoms with van der Waals surface area (Å²) in [6, 6.07) is 14.2. The van der Waals surface area contributed by atoms with Gasteiger partial charge < -0.3 is 4.74 Å². The smallest absolute Gasteiger partial charge is 0.266 e. The van der Waals surface area contributed by atoms with E-state index in [1.54, 1.807) is 18.2 Å². The van der Waals surface area contributed by atoms with Crippen molar-refractivity contribution in [1.82, 2.24) is 20.2 Å². The van der Waals surface area contributed by atoms with Crippen molar-refractivity contribution in [2.45, 2.75) is 24.3 Å². The molecule has 2 N–H and O–H groups in total. The topological polar surface area (TPSA) is 130 Å². The number of sulfonamides is 1. The molecule has 1 aliphatic heterocycles. The number of carbonyl (C=O) groups excluding carboxylic acids is 2. The van der Waals surface area contributed by atoms with Gasteiger partial charge in [0.05, 0.1) is 18.9 Å². The van der Waals surface area contributed by atoms with Crippen LogP contribution in [0.5, 0.6) is 5.75 Å². The van der Waals surface area contributed by atoms with E-state index < -0.39 is 15.9 Å². The number of hydrazone groups is 1. The summed E-state index contributed by atoms with van der Waals surface area (Å²) < 4.78 is 31.4. The SMILES string of the molecule is COc1ccc(C2=NN(C(C)=O)C(c3ccc(Cl)cc3)C2)cc1S(=O)(=O)NNC(=O)c1ccncc1. The van der Waals surface area contributed by atoms with E-state index >= 15 is 0 Å². The maximum atomic E-state index is 13.1. The van der Waals surface area contributed by atoms with Crippen LogP contribution in [0.25, 0.3) is 0 Å². The van der Waals surface area contributed by atoms with Crippen molar-refractivity contribution in [3.05, 3.63) is 88.7 Å². The van der Waals surface area contributed by atoms with Crippen LogP contribution in [0, 0.1) is 0 Å². The average Bonchev–Trinajstić information content (AvgIpc) is 3.34. The molecule has 36 heavy (non-hydrogen) atoms. The van der Waals surface area contributed by atoms with Gasteiger partial charge in [-0.05, 0) is 53.6 Å². The summed E-state index contributed by atoms with van der Waals surface area (Å²) in [6.07, 6.45) is 3.19. The molecule has 4 rings (SSSR count). The van der Waals surface area contributed by atoms with Crippen LogP contribution >= 0.6 is 11.6 Å². The number of carbonyl (C=O) groups is 2. The molecule has 1 aromatic heterocycles. The van der Waals surface area contributed by atoms with E-state index in [-0.39, 0.29) is 28.2 Å². The monoisotopic (exact) mass is 527 g/mol. The van der Waals surface area contributed by atoms with Crippen LogP contribution in [0.1, 0.15) is 40.9 Å². The van der Waals surface area contributed by atoms with Crippen molar-refractivity contribution >= 4 is 39.2 Å². The predicted octanol–water partition coefficient (Wildman–Crippen LogP) is 3.06. The van der Waals surface area contributed by atoms with Crippen LogP contribution in [-0.4, -0.2) is 43.0 Å². The lowest BCUT2D eigenvalue weighted by atomic mass is 9.98. The van der Waals surface area contributed by atoms with Gasteiger partial charge in [-0.1, -0.05) is 23.7 Å². The number of hydrogen-bond acceptors (Lipinski definition) is 7. The highest BCUT2D eigenvalue weighted by Gasteiger charge is 2.32. The molecule has 2 heterocycles. The van der Waals surface area contributed by atoms with Crippen molar-refractivity contribution in [2.24, 2.45) is 5.10 Å². The van der Waals surface area contributed by atoms with Gasteiger partial charge in [0, 0.05) is 36.3 Å². The molecular weight excluding hydrogens is 506 g/mol. The number of amides is 2. The van der Waals surface area contributed by atoms with E-state index in [1.165, 1.54) is 55.7 Å².